The van der Waals surface area contributed by atoms with Gasteiger partial charge in [-0.2, -0.15) is 0 Å². The summed E-state index contributed by atoms with van der Waals surface area (Å²) in [6, 6.07) is 1.56. The lowest BCUT2D eigenvalue weighted by molar-refractivity contribution is -0.274. The van der Waals surface area contributed by atoms with E-state index in [-0.39, 0.29) is 41.4 Å². The summed E-state index contributed by atoms with van der Waals surface area (Å²) in [4.78, 5) is 22.0. The van der Waals surface area contributed by atoms with Crippen LogP contribution in [-0.4, -0.2) is 40.3 Å². The topological polar surface area (TPSA) is 64.6 Å². The summed E-state index contributed by atoms with van der Waals surface area (Å²) in [5.74, 6) is -2.30. The van der Waals surface area contributed by atoms with Crippen LogP contribution >= 0.6 is 0 Å². The quantitative estimate of drug-likeness (QED) is 0.635. The highest BCUT2D eigenvalue weighted by Gasteiger charge is 2.31. The number of amides is 1. The summed E-state index contributed by atoms with van der Waals surface area (Å²) in [5.41, 5.74) is -0.558. The molecule has 1 aliphatic heterocycles. The molecule has 0 fully saturated rings. The molecule has 1 aromatic heterocycles. The normalized spacial score (nSPS) is 17.3. The fourth-order valence-electron chi connectivity index (χ4n) is 2.67. The maximum absolute atomic E-state index is 13.4. The first-order chi connectivity index (χ1) is 16.8. The Labute approximate surface area is 178 Å². The van der Waals surface area contributed by atoms with Crippen molar-refractivity contribution in [3.8, 4) is 22.6 Å². The fraction of sp³-hybridized carbons (Fsp3) is 0.190. The minimum Gasteiger partial charge on any atom is -0.491 e. The van der Waals surface area contributed by atoms with E-state index < -0.39 is 48.7 Å². The van der Waals surface area contributed by atoms with Crippen molar-refractivity contribution in [2.45, 2.75) is 12.9 Å². The summed E-state index contributed by atoms with van der Waals surface area (Å²) < 4.78 is 96.4. The van der Waals surface area contributed by atoms with Gasteiger partial charge in [0.2, 0.25) is 0 Å². The van der Waals surface area contributed by atoms with E-state index >= 15 is 0 Å². The molecule has 0 spiro atoms. The number of benzene rings is 2. The van der Waals surface area contributed by atoms with Crippen molar-refractivity contribution >= 4 is 5.91 Å². The van der Waals surface area contributed by atoms with Crippen LogP contribution in [0.3, 0.4) is 0 Å². The van der Waals surface area contributed by atoms with E-state index in [4.69, 9.17) is 13.0 Å². The summed E-state index contributed by atoms with van der Waals surface area (Å²) in [6.45, 7) is -2.67. The molecule has 0 radical (unpaired) electrons. The van der Waals surface area contributed by atoms with E-state index in [1.165, 1.54) is 36.7 Å². The molecule has 2 heterocycles. The highest BCUT2D eigenvalue weighted by atomic mass is 19.4. The van der Waals surface area contributed by atoms with Crippen LogP contribution in [0.15, 0.2) is 60.8 Å². The van der Waals surface area contributed by atoms with E-state index in [0.717, 1.165) is 4.90 Å². The number of carbonyl (C=O) groups is 1. The molecule has 0 unspecified atom stereocenters. The molecule has 3 aromatic rings. The molecule has 0 bridgehead atoms. The number of rotatable bonds is 4. The highest BCUT2D eigenvalue weighted by molar-refractivity contribution is 5.98. The minimum absolute atomic E-state index is 0.0281. The fourth-order valence-corrected chi connectivity index (χ4v) is 2.67. The van der Waals surface area contributed by atoms with Crippen LogP contribution in [0.25, 0.3) is 11.1 Å². The number of aromatic nitrogens is 2. The van der Waals surface area contributed by atoms with Crippen LogP contribution < -0.4 is 9.47 Å². The Bertz CT molecular complexity index is 1310. The second-order valence-corrected chi connectivity index (χ2v) is 5.95. The van der Waals surface area contributed by atoms with Gasteiger partial charge in [-0.15, -0.1) is 13.2 Å². The molecule has 0 saturated carbocycles. The standard InChI is InChI=1S/C21H16F3N3O3/c22-21(23,24)30-16-5-2-14(3-6-16)15-4-7-18-17(12-15)20(28)27(10-11-29-18)13-19-25-8-1-9-26-19/h1-9,12H,10-11,13H2/i2D,3D,5D,6D,13D2. The Morgan fingerprint density at radius 1 is 1.17 bits per heavy atom. The van der Waals surface area contributed by atoms with Crippen LogP contribution in [0.2, 0.25) is 0 Å². The number of hydrogen-bond acceptors (Lipinski definition) is 5. The van der Waals surface area contributed by atoms with Crippen molar-refractivity contribution in [1.29, 1.82) is 0 Å². The van der Waals surface area contributed by atoms with Crippen LogP contribution in [0, 0.1) is 0 Å². The molecule has 4 rings (SSSR count). The van der Waals surface area contributed by atoms with Crippen molar-refractivity contribution in [3.05, 3.63) is 72.2 Å². The largest absolute Gasteiger partial charge is 0.573 e. The van der Waals surface area contributed by atoms with Gasteiger partial charge in [0.1, 0.15) is 23.9 Å². The lowest BCUT2D eigenvalue weighted by Gasteiger charge is -2.19. The first kappa shape index (κ1) is 13.6. The van der Waals surface area contributed by atoms with Gasteiger partial charge >= 0.3 is 6.36 Å². The second-order valence-electron chi connectivity index (χ2n) is 5.95. The van der Waals surface area contributed by atoms with Gasteiger partial charge in [-0.1, -0.05) is 18.2 Å². The Hall–Kier alpha value is -3.62. The van der Waals surface area contributed by atoms with E-state index in [2.05, 4.69) is 14.7 Å². The first-order valence-corrected chi connectivity index (χ1v) is 8.55. The zero-order chi connectivity index (χ0) is 26.4. The molecule has 0 atom stereocenters. The van der Waals surface area contributed by atoms with Gasteiger partial charge in [0.05, 0.1) is 26.8 Å². The number of carbonyl (C=O) groups excluding carboxylic acids is 1. The summed E-state index contributed by atoms with van der Waals surface area (Å²) in [6.07, 6.45) is -2.59. The number of alkyl halides is 3. The third-order valence-electron chi connectivity index (χ3n) is 3.94. The van der Waals surface area contributed by atoms with E-state index in [1.807, 2.05) is 0 Å². The van der Waals surface area contributed by atoms with Crippen LogP contribution in [0.5, 0.6) is 11.5 Å². The number of ether oxygens (including phenoxy) is 2. The van der Waals surface area contributed by atoms with Gasteiger partial charge in [-0.3, -0.25) is 4.79 Å². The zero-order valence-electron chi connectivity index (χ0n) is 21.1. The Kier molecular flexibility index (Phi) is 3.63. The predicted molar refractivity (Wildman–Crippen MR) is 101 cm³/mol. The summed E-state index contributed by atoms with van der Waals surface area (Å²) in [5, 5.41) is 0. The molecule has 2 aromatic carbocycles. The van der Waals surface area contributed by atoms with E-state index in [9.17, 15) is 18.0 Å². The lowest BCUT2D eigenvalue weighted by atomic mass is 10.0. The number of halogens is 3. The van der Waals surface area contributed by atoms with Crippen molar-refractivity contribution in [2.24, 2.45) is 0 Å². The second kappa shape index (κ2) is 8.02. The highest BCUT2D eigenvalue weighted by Crippen LogP contribution is 2.31. The van der Waals surface area contributed by atoms with Gasteiger partial charge in [0.25, 0.3) is 5.91 Å². The predicted octanol–water partition coefficient (Wildman–Crippen LogP) is 4.08. The Morgan fingerprint density at radius 2 is 1.90 bits per heavy atom. The van der Waals surface area contributed by atoms with Gasteiger partial charge in [0.15, 0.2) is 0 Å². The maximum Gasteiger partial charge on any atom is 0.573 e. The number of nitrogens with zero attached hydrogens (tertiary/aromatic N) is 3. The molecule has 30 heavy (non-hydrogen) atoms. The van der Waals surface area contributed by atoms with Crippen molar-refractivity contribution < 1.29 is 35.7 Å². The average Bonchev–Trinajstić information content (AvgIpc) is 3.00. The molecule has 154 valence electrons. The molecule has 0 N–H and O–H groups in total. The number of fused-ring (bicyclic) bond motifs is 1. The molecule has 0 saturated heterocycles. The summed E-state index contributed by atoms with van der Waals surface area (Å²) in [7, 11) is 0. The molecule has 9 heteroatoms. The third kappa shape index (κ3) is 4.51. The first-order valence-electron chi connectivity index (χ1n) is 11.6. The molecular weight excluding hydrogens is 399 g/mol. The molecule has 6 nitrogen and oxygen atoms in total. The van der Waals surface area contributed by atoms with Gasteiger partial charge in [0, 0.05) is 12.4 Å². The van der Waals surface area contributed by atoms with Gasteiger partial charge in [-0.05, 0) is 41.4 Å². The van der Waals surface area contributed by atoms with Gasteiger partial charge in [-0.25, -0.2) is 9.97 Å². The zero-order valence-corrected chi connectivity index (χ0v) is 15.1. The average molecular weight is 421 g/mol. The monoisotopic (exact) mass is 421 g/mol. The molecular formula is C21H16F3N3O3. The lowest BCUT2D eigenvalue weighted by Crippen LogP contribution is -2.32. The van der Waals surface area contributed by atoms with Crippen molar-refractivity contribution in [2.75, 3.05) is 13.2 Å². The van der Waals surface area contributed by atoms with Crippen LogP contribution in [0.4, 0.5) is 13.2 Å². The Balaban J connectivity index is 1.81. The molecule has 1 aliphatic rings. The number of hydrogen-bond donors (Lipinski definition) is 0. The van der Waals surface area contributed by atoms with Crippen molar-refractivity contribution in [1.82, 2.24) is 14.9 Å². The maximum atomic E-state index is 13.4. The van der Waals surface area contributed by atoms with Crippen molar-refractivity contribution in [3.63, 3.8) is 0 Å². The SMILES string of the molecule is [2H]c1c([2H])c(-c2ccc3c(c2)C(=O)N(C([2H])([2H])c2ncccn2)CCO3)c([2H])c([2H])c1OC(F)(F)F. The summed E-state index contributed by atoms with van der Waals surface area (Å²) >= 11 is 0. The molecule has 1 amide bonds. The Morgan fingerprint density at radius 3 is 2.60 bits per heavy atom. The van der Waals surface area contributed by atoms with E-state index in [1.54, 1.807) is 0 Å². The molecule has 0 aliphatic carbocycles. The third-order valence-corrected chi connectivity index (χ3v) is 3.94. The van der Waals surface area contributed by atoms with Crippen LogP contribution in [-0.2, 0) is 6.50 Å². The van der Waals surface area contributed by atoms with Crippen LogP contribution in [0.1, 0.15) is 24.4 Å². The smallest absolute Gasteiger partial charge is 0.491 e. The van der Waals surface area contributed by atoms with Gasteiger partial charge < -0.3 is 14.4 Å². The minimum atomic E-state index is -5.23. The van der Waals surface area contributed by atoms with E-state index in [0.29, 0.717) is 0 Å².